The summed E-state index contributed by atoms with van der Waals surface area (Å²) in [4.78, 5) is 27.5. The normalized spacial score (nSPS) is 13.6. The molecule has 0 spiro atoms. The summed E-state index contributed by atoms with van der Waals surface area (Å²) in [5.41, 5.74) is 1.13. The molecule has 2 aromatic rings. The predicted octanol–water partition coefficient (Wildman–Crippen LogP) is 2.59. The zero-order chi connectivity index (χ0) is 16.9. The number of rotatable bonds is 4. The average Bonchev–Trinajstić information content (AvgIpc) is 2.63. The first-order chi connectivity index (χ1) is 11.7. The van der Waals surface area contributed by atoms with Crippen LogP contribution < -0.4 is 10.6 Å². The molecule has 0 unspecified atom stereocenters. The number of nitro groups is 1. The molecule has 7 heteroatoms. The van der Waals surface area contributed by atoms with E-state index in [-0.39, 0.29) is 11.3 Å². The molecule has 1 amide bonds. The maximum atomic E-state index is 12.5. The topological polar surface area (TPSA) is 96.6 Å². The number of nitrogens with zero attached hydrogens (tertiary/aromatic N) is 2. The highest BCUT2D eigenvalue weighted by Gasteiger charge is 2.20. The van der Waals surface area contributed by atoms with E-state index < -0.39 is 10.8 Å². The molecule has 2 aromatic carbocycles. The van der Waals surface area contributed by atoms with Crippen molar-refractivity contribution in [2.75, 3.05) is 18.4 Å². The summed E-state index contributed by atoms with van der Waals surface area (Å²) in [7, 11) is 0. The van der Waals surface area contributed by atoms with E-state index in [1.54, 1.807) is 18.2 Å². The quantitative estimate of drug-likeness (QED) is 0.667. The molecule has 0 saturated carbocycles. The molecule has 3 rings (SSSR count). The lowest BCUT2D eigenvalue weighted by Gasteiger charge is -2.17. The number of hydrogen-bond donors (Lipinski definition) is 2. The highest BCUT2D eigenvalue weighted by Crippen LogP contribution is 2.22. The summed E-state index contributed by atoms with van der Waals surface area (Å²) in [6.07, 6.45) is 0.967. The molecule has 1 aliphatic rings. The van der Waals surface area contributed by atoms with E-state index >= 15 is 0 Å². The maximum absolute atomic E-state index is 12.5. The summed E-state index contributed by atoms with van der Waals surface area (Å²) in [6.45, 7) is 1.56. The molecule has 2 N–H and O–H groups in total. The number of amidine groups is 1. The molecular weight excluding hydrogens is 308 g/mol. The number of carbonyl (C=O) groups is 1. The van der Waals surface area contributed by atoms with Crippen molar-refractivity contribution in [3.8, 4) is 0 Å². The molecule has 0 aromatic heterocycles. The second kappa shape index (κ2) is 6.91. The van der Waals surface area contributed by atoms with E-state index in [9.17, 15) is 14.9 Å². The fourth-order valence-electron chi connectivity index (χ4n) is 2.53. The van der Waals surface area contributed by atoms with Crippen molar-refractivity contribution in [3.05, 3.63) is 69.8 Å². The van der Waals surface area contributed by atoms with Gasteiger partial charge < -0.3 is 10.6 Å². The number of benzene rings is 2. The van der Waals surface area contributed by atoms with Gasteiger partial charge in [-0.05, 0) is 24.6 Å². The number of nitro benzene ring substituents is 1. The first kappa shape index (κ1) is 15.7. The molecule has 0 bridgehead atoms. The van der Waals surface area contributed by atoms with E-state index in [0.29, 0.717) is 5.69 Å². The largest absolute Gasteiger partial charge is 0.370 e. The van der Waals surface area contributed by atoms with Crippen LogP contribution in [0.1, 0.15) is 22.3 Å². The van der Waals surface area contributed by atoms with Crippen LogP contribution in [0, 0.1) is 10.1 Å². The van der Waals surface area contributed by atoms with Gasteiger partial charge in [-0.1, -0.05) is 24.3 Å². The van der Waals surface area contributed by atoms with E-state index in [1.807, 2.05) is 12.1 Å². The van der Waals surface area contributed by atoms with Gasteiger partial charge in [0.1, 0.15) is 11.4 Å². The van der Waals surface area contributed by atoms with E-state index in [2.05, 4.69) is 15.6 Å². The Morgan fingerprint density at radius 1 is 1.17 bits per heavy atom. The van der Waals surface area contributed by atoms with Crippen molar-refractivity contribution >= 4 is 23.1 Å². The summed E-state index contributed by atoms with van der Waals surface area (Å²) >= 11 is 0. The van der Waals surface area contributed by atoms with Crippen LogP contribution in [0.25, 0.3) is 0 Å². The molecule has 0 fully saturated rings. The molecular formula is C17H16N4O3. The predicted molar refractivity (Wildman–Crippen MR) is 91.5 cm³/mol. The molecule has 7 nitrogen and oxygen atoms in total. The van der Waals surface area contributed by atoms with Crippen LogP contribution in [0.15, 0.2) is 53.5 Å². The Balaban J connectivity index is 1.91. The molecule has 122 valence electrons. The fraction of sp³-hybridized carbons (Fsp3) is 0.176. The van der Waals surface area contributed by atoms with Crippen LogP contribution >= 0.6 is 0 Å². The highest BCUT2D eigenvalue weighted by atomic mass is 16.6. The van der Waals surface area contributed by atoms with Crippen LogP contribution in [-0.4, -0.2) is 29.8 Å². The van der Waals surface area contributed by atoms with Gasteiger partial charge in [-0.2, -0.15) is 0 Å². The van der Waals surface area contributed by atoms with Gasteiger partial charge in [0, 0.05) is 24.7 Å². The minimum absolute atomic E-state index is 0.0239. The van der Waals surface area contributed by atoms with E-state index in [4.69, 9.17) is 0 Å². The Morgan fingerprint density at radius 3 is 2.67 bits per heavy atom. The summed E-state index contributed by atoms with van der Waals surface area (Å²) < 4.78 is 0. The van der Waals surface area contributed by atoms with Crippen molar-refractivity contribution in [2.45, 2.75) is 6.42 Å². The van der Waals surface area contributed by atoms with Crippen molar-refractivity contribution in [1.82, 2.24) is 5.32 Å². The molecule has 1 aliphatic heterocycles. The van der Waals surface area contributed by atoms with Gasteiger partial charge >= 0.3 is 0 Å². The zero-order valence-electron chi connectivity index (χ0n) is 12.9. The number of anilines is 1. The number of nitrogens with one attached hydrogen (secondary N) is 2. The SMILES string of the molecule is O=C(Nc1ccccc1C1=NCCCN1)c1ccccc1[N+](=O)[O-]. The highest BCUT2D eigenvalue weighted by molar-refractivity contribution is 6.11. The Hall–Kier alpha value is -3.22. The van der Waals surface area contributed by atoms with Crippen molar-refractivity contribution in [3.63, 3.8) is 0 Å². The minimum Gasteiger partial charge on any atom is -0.370 e. The number of aliphatic imine (C=N–C) groups is 1. The van der Waals surface area contributed by atoms with Gasteiger partial charge in [-0.25, -0.2) is 0 Å². The van der Waals surface area contributed by atoms with Crippen LogP contribution in [0.4, 0.5) is 11.4 Å². The van der Waals surface area contributed by atoms with Crippen LogP contribution in [0.2, 0.25) is 0 Å². The number of amides is 1. The second-order valence-corrected chi connectivity index (χ2v) is 5.28. The van der Waals surface area contributed by atoms with E-state index in [0.717, 1.165) is 30.9 Å². The van der Waals surface area contributed by atoms with Crippen molar-refractivity contribution < 1.29 is 9.72 Å². The van der Waals surface area contributed by atoms with Gasteiger partial charge in [0.2, 0.25) is 0 Å². The van der Waals surface area contributed by atoms with Crippen LogP contribution in [-0.2, 0) is 0 Å². The van der Waals surface area contributed by atoms with Crippen LogP contribution in [0.3, 0.4) is 0 Å². The summed E-state index contributed by atoms with van der Waals surface area (Å²) in [6, 6.07) is 13.1. The molecule has 0 atom stereocenters. The molecule has 0 saturated heterocycles. The Labute approximate surface area is 138 Å². The van der Waals surface area contributed by atoms with Gasteiger partial charge in [-0.3, -0.25) is 19.9 Å². The third-order valence-corrected chi connectivity index (χ3v) is 3.67. The molecule has 1 heterocycles. The Bertz CT molecular complexity index is 817. The van der Waals surface area contributed by atoms with Gasteiger partial charge in [-0.15, -0.1) is 0 Å². The third kappa shape index (κ3) is 3.24. The maximum Gasteiger partial charge on any atom is 0.282 e. The van der Waals surface area contributed by atoms with Gasteiger partial charge in [0.25, 0.3) is 11.6 Å². The average molecular weight is 324 g/mol. The zero-order valence-corrected chi connectivity index (χ0v) is 12.9. The molecule has 0 radical (unpaired) electrons. The first-order valence-electron chi connectivity index (χ1n) is 7.59. The molecule has 24 heavy (non-hydrogen) atoms. The second-order valence-electron chi connectivity index (χ2n) is 5.28. The summed E-state index contributed by atoms with van der Waals surface area (Å²) in [5, 5.41) is 17.1. The van der Waals surface area contributed by atoms with E-state index in [1.165, 1.54) is 18.2 Å². The fourth-order valence-corrected chi connectivity index (χ4v) is 2.53. The number of hydrogen-bond acceptors (Lipinski definition) is 5. The lowest BCUT2D eigenvalue weighted by atomic mass is 10.1. The Kier molecular flexibility index (Phi) is 4.51. The lowest BCUT2D eigenvalue weighted by Crippen LogP contribution is -2.31. The lowest BCUT2D eigenvalue weighted by molar-refractivity contribution is -0.385. The minimum atomic E-state index is -0.562. The number of para-hydroxylation sites is 2. The van der Waals surface area contributed by atoms with Crippen molar-refractivity contribution in [2.24, 2.45) is 4.99 Å². The third-order valence-electron chi connectivity index (χ3n) is 3.67. The van der Waals surface area contributed by atoms with Gasteiger partial charge in [0.15, 0.2) is 0 Å². The van der Waals surface area contributed by atoms with Gasteiger partial charge in [0.05, 0.1) is 10.6 Å². The smallest absolute Gasteiger partial charge is 0.282 e. The molecule has 0 aliphatic carbocycles. The number of carbonyl (C=O) groups excluding carboxylic acids is 1. The summed E-state index contributed by atoms with van der Waals surface area (Å²) in [5.74, 6) is 0.200. The first-order valence-corrected chi connectivity index (χ1v) is 7.59. The van der Waals surface area contributed by atoms with Crippen molar-refractivity contribution in [1.29, 1.82) is 0 Å². The monoisotopic (exact) mass is 324 g/mol. The van der Waals surface area contributed by atoms with Crippen LogP contribution in [0.5, 0.6) is 0 Å². The Morgan fingerprint density at radius 2 is 1.92 bits per heavy atom. The standard InChI is InChI=1S/C17H16N4O3/c22-17(13-7-2-4-9-15(13)21(23)24)20-14-8-3-1-6-12(14)16-18-10-5-11-19-16/h1-4,6-9H,5,10-11H2,(H,18,19)(H,20,22).